The van der Waals surface area contributed by atoms with Crippen molar-refractivity contribution in [2.75, 3.05) is 0 Å². The molecule has 130 valence electrons. The third kappa shape index (κ3) is 5.32. The summed E-state index contributed by atoms with van der Waals surface area (Å²) in [6.45, 7) is 3.17. The minimum Gasteiger partial charge on any atom is -0.310 e. The minimum absolute atomic E-state index is 0.336. The Labute approximate surface area is 156 Å². The van der Waals surface area contributed by atoms with Crippen molar-refractivity contribution >= 4 is 23.4 Å². The number of thiol groups is 1. The Morgan fingerprint density at radius 2 is 1.84 bits per heavy atom. The molecule has 0 saturated carbocycles. The fraction of sp³-hybridized carbons (Fsp3) is 0.318. The molecule has 1 aromatic heterocycles. The van der Waals surface area contributed by atoms with Crippen molar-refractivity contribution in [1.29, 1.82) is 0 Å². The largest absolute Gasteiger partial charge is 0.310 e. The van der Waals surface area contributed by atoms with Crippen LogP contribution in [0, 0.1) is 0 Å². The molecule has 1 heterocycles. The molecule has 3 heteroatoms. The van der Waals surface area contributed by atoms with Gasteiger partial charge in [0.15, 0.2) is 0 Å². The molecular formula is C22H26N2S. The van der Waals surface area contributed by atoms with E-state index in [1.165, 1.54) is 34.7 Å². The van der Waals surface area contributed by atoms with E-state index in [0.717, 1.165) is 13.0 Å². The predicted octanol–water partition coefficient (Wildman–Crippen LogP) is 5.55. The number of hydrogen-bond acceptors (Lipinski definition) is 3. The summed E-state index contributed by atoms with van der Waals surface area (Å²) < 4.78 is 0. The first-order chi connectivity index (χ1) is 12.2. The van der Waals surface area contributed by atoms with Crippen LogP contribution in [0.1, 0.15) is 42.6 Å². The van der Waals surface area contributed by atoms with Crippen LogP contribution >= 0.6 is 12.6 Å². The first kappa shape index (κ1) is 18.0. The fourth-order valence-electron chi connectivity index (χ4n) is 3.10. The lowest BCUT2D eigenvalue weighted by molar-refractivity contribution is 0.488. The summed E-state index contributed by atoms with van der Waals surface area (Å²) >= 11 is 4.74. The molecule has 0 bridgehead atoms. The number of nitrogens with one attached hydrogen (secondary N) is 1. The summed E-state index contributed by atoms with van der Waals surface area (Å²) in [6.07, 6.45) is 7.22. The number of nitrogens with zero attached hydrogens (tertiary/aromatic N) is 1. The number of aromatic nitrogens is 1. The van der Waals surface area contributed by atoms with Gasteiger partial charge < -0.3 is 5.32 Å². The molecular weight excluding hydrogens is 324 g/mol. The van der Waals surface area contributed by atoms with Crippen molar-refractivity contribution in [1.82, 2.24) is 10.3 Å². The summed E-state index contributed by atoms with van der Waals surface area (Å²) in [4.78, 5) is 4.16. The van der Waals surface area contributed by atoms with Gasteiger partial charge in [0.2, 0.25) is 0 Å². The molecule has 0 amide bonds. The van der Waals surface area contributed by atoms with Gasteiger partial charge in [0, 0.05) is 35.6 Å². The van der Waals surface area contributed by atoms with Crippen LogP contribution in [0.25, 0.3) is 10.8 Å². The highest BCUT2D eigenvalue weighted by Crippen LogP contribution is 2.25. The Kier molecular flexibility index (Phi) is 6.48. The minimum atomic E-state index is 0.336. The van der Waals surface area contributed by atoms with Gasteiger partial charge in [-0.2, -0.15) is 12.6 Å². The Balaban J connectivity index is 1.42. The van der Waals surface area contributed by atoms with Crippen LogP contribution in [0.2, 0.25) is 0 Å². The number of benzene rings is 2. The van der Waals surface area contributed by atoms with Crippen molar-refractivity contribution in [3.05, 3.63) is 78.1 Å². The van der Waals surface area contributed by atoms with E-state index in [-0.39, 0.29) is 0 Å². The smallest absolute Gasteiger partial charge is 0.0346 e. The predicted molar refractivity (Wildman–Crippen MR) is 110 cm³/mol. The molecule has 0 saturated heterocycles. The lowest BCUT2D eigenvalue weighted by Crippen LogP contribution is -2.25. The van der Waals surface area contributed by atoms with Crippen LogP contribution in [0.3, 0.4) is 0 Å². The Bertz CT molecular complexity index is 788. The molecule has 0 aliphatic heterocycles. The highest BCUT2D eigenvalue weighted by atomic mass is 32.1. The lowest BCUT2D eigenvalue weighted by Gasteiger charge is -2.16. The zero-order chi connectivity index (χ0) is 17.5. The summed E-state index contributed by atoms with van der Waals surface area (Å²) in [5, 5.41) is 6.42. The highest BCUT2D eigenvalue weighted by Gasteiger charge is 2.08. The SMILES string of the molecule is C[C@H](CCCC(S)c1ccccc1)NCc1ccc2cnccc2c1. The summed E-state index contributed by atoms with van der Waals surface area (Å²) in [7, 11) is 0. The first-order valence-corrected chi connectivity index (χ1v) is 9.53. The Morgan fingerprint density at radius 3 is 2.68 bits per heavy atom. The molecule has 0 spiro atoms. The van der Waals surface area contributed by atoms with Gasteiger partial charge in [0.25, 0.3) is 0 Å². The Hall–Kier alpha value is -1.84. The highest BCUT2D eigenvalue weighted by molar-refractivity contribution is 7.80. The molecule has 0 radical (unpaired) electrons. The second kappa shape index (κ2) is 9.02. The molecule has 0 aliphatic carbocycles. The van der Waals surface area contributed by atoms with Gasteiger partial charge in [0.1, 0.15) is 0 Å². The third-order valence-electron chi connectivity index (χ3n) is 4.66. The first-order valence-electron chi connectivity index (χ1n) is 9.01. The standard InChI is InChI=1S/C22H26N2S/c1-17(6-5-9-22(25)19-7-3-2-4-8-19)24-15-18-10-11-21-16-23-13-12-20(21)14-18/h2-4,7-8,10-14,16-17,22,24-25H,5-6,9,15H2,1H3/t17-,22?/m1/s1. The fourth-order valence-corrected chi connectivity index (χ4v) is 3.45. The van der Waals surface area contributed by atoms with E-state index < -0.39 is 0 Å². The van der Waals surface area contributed by atoms with Crippen LogP contribution < -0.4 is 5.32 Å². The topological polar surface area (TPSA) is 24.9 Å². The van der Waals surface area contributed by atoms with Crippen LogP contribution in [-0.2, 0) is 6.54 Å². The molecule has 2 aromatic carbocycles. The summed E-state index contributed by atoms with van der Waals surface area (Å²) in [5.41, 5.74) is 2.64. The van der Waals surface area contributed by atoms with E-state index in [0.29, 0.717) is 11.3 Å². The van der Waals surface area contributed by atoms with Crippen molar-refractivity contribution in [2.45, 2.75) is 44.0 Å². The molecule has 2 nitrogen and oxygen atoms in total. The number of fused-ring (bicyclic) bond motifs is 1. The molecule has 3 aromatic rings. The number of pyridine rings is 1. The van der Waals surface area contributed by atoms with Crippen LogP contribution in [0.15, 0.2) is 67.0 Å². The summed E-state index contributed by atoms with van der Waals surface area (Å²) in [5.74, 6) is 0. The average molecular weight is 351 g/mol. The van der Waals surface area contributed by atoms with Gasteiger partial charge in [-0.1, -0.05) is 48.9 Å². The third-order valence-corrected chi connectivity index (χ3v) is 5.22. The van der Waals surface area contributed by atoms with Crippen molar-refractivity contribution in [3.8, 4) is 0 Å². The van der Waals surface area contributed by atoms with Gasteiger partial charge in [-0.05, 0) is 48.4 Å². The molecule has 3 rings (SSSR count). The maximum absolute atomic E-state index is 4.74. The van der Waals surface area contributed by atoms with Crippen LogP contribution in [0.4, 0.5) is 0 Å². The average Bonchev–Trinajstić information content (AvgIpc) is 2.67. The molecule has 1 N–H and O–H groups in total. The lowest BCUT2D eigenvalue weighted by atomic mass is 10.0. The van der Waals surface area contributed by atoms with Crippen molar-refractivity contribution in [3.63, 3.8) is 0 Å². The van der Waals surface area contributed by atoms with E-state index in [4.69, 9.17) is 12.6 Å². The van der Waals surface area contributed by atoms with Gasteiger partial charge in [-0.3, -0.25) is 4.98 Å². The number of hydrogen-bond donors (Lipinski definition) is 2. The van der Waals surface area contributed by atoms with Gasteiger partial charge in [0.05, 0.1) is 0 Å². The maximum Gasteiger partial charge on any atom is 0.0346 e. The summed E-state index contributed by atoms with van der Waals surface area (Å²) in [6, 6.07) is 19.7. The number of rotatable bonds is 8. The second-order valence-electron chi connectivity index (χ2n) is 6.70. The normalized spacial score (nSPS) is 13.7. The second-order valence-corrected chi connectivity index (χ2v) is 7.32. The molecule has 1 unspecified atom stereocenters. The zero-order valence-electron chi connectivity index (χ0n) is 14.7. The molecule has 2 atom stereocenters. The van der Waals surface area contributed by atoms with E-state index in [9.17, 15) is 0 Å². The van der Waals surface area contributed by atoms with Crippen molar-refractivity contribution in [2.24, 2.45) is 0 Å². The quantitative estimate of drug-likeness (QED) is 0.520. The zero-order valence-corrected chi connectivity index (χ0v) is 15.6. The van der Waals surface area contributed by atoms with E-state index in [2.05, 4.69) is 71.8 Å². The van der Waals surface area contributed by atoms with E-state index in [1.807, 2.05) is 12.4 Å². The Morgan fingerprint density at radius 1 is 1.00 bits per heavy atom. The van der Waals surface area contributed by atoms with Crippen LogP contribution in [-0.4, -0.2) is 11.0 Å². The van der Waals surface area contributed by atoms with Gasteiger partial charge >= 0.3 is 0 Å². The van der Waals surface area contributed by atoms with Crippen molar-refractivity contribution < 1.29 is 0 Å². The molecule has 0 aliphatic rings. The molecule has 25 heavy (non-hydrogen) atoms. The van der Waals surface area contributed by atoms with Crippen LogP contribution in [0.5, 0.6) is 0 Å². The monoisotopic (exact) mass is 350 g/mol. The molecule has 0 fully saturated rings. The van der Waals surface area contributed by atoms with Gasteiger partial charge in [-0.25, -0.2) is 0 Å². The maximum atomic E-state index is 4.74. The van der Waals surface area contributed by atoms with Gasteiger partial charge in [-0.15, -0.1) is 0 Å². The van der Waals surface area contributed by atoms with E-state index >= 15 is 0 Å². The van der Waals surface area contributed by atoms with E-state index in [1.54, 1.807) is 0 Å².